The summed E-state index contributed by atoms with van der Waals surface area (Å²) in [5.41, 5.74) is 1.19. The van der Waals surface area contributed by atoms with Gasteiger partial charge in [-0.3, -0.25) is 9.79 Å². The van der Waals surface area contributed by atoms with Crippen LogP contribution in [0.4, 0.5) is 0 Å². The van der Waals surface area contributed by atoms with Crippen molar-refractivity contribution in [3.63, 3.8) is 0 Å². The molecule has 0 saturated heterocycles. The van der Waals surface area contributed by atoms with Gasteiger partial charge in [0, 0.05) is 39.7 Å². The molecule has 0 aliphatic carbocycles. The average Bonchev–Trinajstić information content (AvgIpc) is 2.65. The molecule has 1 atom stereocenters. The molecule has 1 aromatic carbocycles. The Labute approximate surface area is 174 Å². The van der Waals surface area contributed by atoms with Crippen molar-refractivity contribution >= 4 is 35.8 Å². The SMILES string of the molecule is CCCNC(=O)CCNC(=NC)NCCCOC(C)c1ccccc1.I. The number of nitrogens with one attached hydrogen (secondary N) is 3. The van der Waals surface area contributed by atoms with E-state index >= 15 is 0 Å². The molecule has 0 heterocycles. The third-order valence-corrected chi connectivity index (χ3v) is 3.69. The summed E-state index contributed by atoms with van der Waals surface area (Å²) in [7, 11) is 1.72. The second-order valence-electron chi connectivity index (χ2n) is 5.80. The third-order valence-electron chi connectivity index (χ3n) is 3.69. The van der Waals surface area contributed by atoms with Crippen LogP contribution in [0.5, 0.6) is 0 Å². The van der Waals surface area contributed by atoms with Crippen molar-refractivity contribution in [3.8, 4) is 0 Å². The summed E-state index contributed by atoms with van der Waals surface area (Å²) in [5, 5.41) is 9.22. The number of hydrogen-bond donors (Lipinski definition) is 3. The smallest absolute Gasteiger partial charge is 0.221 e. The Morgan fingerprint density at radius 1 is 1.12 bits per heavy atom. The Morgan fingerprint density at radius 2 is 1.81 bits per heavy atom. The third kappa shape index (κ3) is 11.3. The van der Waals surface area contributed by atoms with Gasteiger partial charge in [0.25, 0.3) is 0 Å². The molecule has 1 aromatic rings. The summed E-state index contributed by atoms with van der Waals surface area (Å²) in [5.74, 6) is 0.771. The molecule has 6 nitrogen and oxygen atoms in total. The molecule has 1 unspecified atom stereocenters. The first-order chi connectivity index (χ1) is 12.2. The molecule has 148 valence electrons. The molecule has 0 aliphatic rings. The number of amides is 1. The number of halogens is 1. The summed E-state index contributed by atoms with van der Waals surface area (Å²) in [4.78, 5) is 15.7. The van der Waals surface area contributed by atoms with Crippen molar-refractivity contribution in [1.82, 2.24) is 16.0 Å². The maximum Gasteiger partial charge on any atom is 0.221 e. The molecule has 0 bridgehead atoms. The fourth-order valence-corrected chi connectivity index (χ4v) is 2.23. The molecule has 0 radical (unpaired) electrons. The van der Waals surface area contributed by atoms with Crippen LogP contribution < -0.4 is 16.0 Å². The first-order valence-electron chi connectivity index (χ1n) is 9.05. The normalized spacial score (nSPS) is 12.0. The average molecular weight is 476 g/mol. The summed E-state index contributed by atoms with van der Waals surface area (Å²) >= 11 is 0. The Bertz CT molecular complexity index is 512. The fourth-order valence-electron chi connectivity index (χ4n) is 2.23. The second-order valence-corrected chi connectivity index (χ2v) is 5.80. The van der Waals surface area contributed by atoms with Crippen LogP contribution in [0.25, 0.3) is 0 Å². The lowest BCUT2D eigenvalue weighted by Gasteiger charge is -2.14. The van der Waals surface area contributed by atoms with E-state index in [1.54, 1.807) is 7.05 Å². The number of carbonyl (C=O) groups excluding carboxylic acids is 1. The lowest BCUT2D eigenvalue weighted by atomic mass is 10.1. The Hall–Kier alpha value is -1.35. The van der Waals surface area contributed by atoms with Crippen molar-refractivity contribution in [1.29, 1.82) is 0 Å². The van der Waals surface area contributed by atoms with E-state index in [0.717, 1.165) is 25.9 Å². The topological polar surface area (TPSA) is 74.8 Å². The maximum absolute atomic E-state index is 11.5. The predicted molar refractivity (Wildman–Crippen MR) is 118 cm³/mol. The van der Waals surface area contributed by atoms with E-state index in [2.05, 4.69) is 40.0 Å². The molecule has 0 saturated carbocycles. The molecule has 0 aromatic heterocycles. The van der Waals surface area contributed by atoms with Gasteiger partial charge in [-0.2, -0.15) is 0 Å². The van der Waals surface area contributed by atoms with Crippen molar-refractivity contribution in [2.45, 2.75) is 39.2 Å². The monoisotopic (exact) mass is 476 g/mol. The van der Waals surface area contributed by atoms with Gasteiger partial charge in [-0.15, -0.1) is 24.0 Å². The van der Waals surface area contributed by atoms with Gasteiger partial charge in [0.1, 0.15) is 0 Å². The van der Waals surface area contributed by atoms with Crippen molar-refractivity contribution < 1.29 is 9.53 Å². The first-order valence-corrected chi connectivity index (χ1v) is 9.05. The van der Waals surface area contributed by atoms with Gasteiger partial charge in [0.05, 0.1) is 6.10 Å². The van der Waals surface area contributed by atoms with E-state index in [1.807, 2.05) is 25.1 Å². The number of ether oxygens (including phenoxy) is 1. The molecule has 3 N–H and O–H groups in total. The van der Waals surface area contributed by atoms with Gasteiger partial charge >= 0.3 is 0 Å². The predicted octanol–water partition coefficient (Wildman–Crippen LogP) is 2.85. The van der Waals surface area contributed by atoms with Crippen molar-refractivity contribution in [3.05, 3.63) is 35.9 Å². The van der Waals surface area contributed by atoms with Crippen LogP contribution in [0.3, 0.4) is 0 Å². The zero-order valence-corrected chi connectivity index (χ0v) is 18.4. The molecule has 0 spiro atoms. The molecule has 0 aliphatic heterocycles. The summed E-state index contributed by atoms with van der Waals surface area (Å²) in [6.07, 6.45) is 2.38. The Morgan fingerprint density at radius 3 is 2.46 bits per heavy atom. The minimum absolute atomic E-state index is 0. The number of rotatable bonds is 11. The highest BCUT2D eigenvalue weighted by Gasteiger charge is 2.05. The number of aliphatic imine (C=N–C) groups is 1. The van der Waals surface area contributed by atoms with Gasteiger partial charge < -0.3 is 20.7 Å². The second kappa shape index (κ2) is 15.9. The quantitative estimate of drug-likeness (QED) is 0.199. The largest absolute Gasteiger partial charge is 0.374 e. The Balaban J connectivity index is 0.00000625. The van der Waals surface area contributed by atoms with Crippen LogP contribution in [0.15, 0.2) is 35.3 Å². The standard InChI is InChI=1S/C19H32N4O2.HI/c1-4-12-21-18(24)11-14-23-19(20-3)22-13-8-15-25-16(2)17-9-6-5-7-10-17;/h5-7,9-10,16H,4,8,11-15H2,1-3H3,(H,21,24)(H2,20,22,23);1H. The van der Waals surface area contributed by atoms with Gasteiger partial charge in [0.15, 0.2) is 5.96 Å². The number of carbonyl (C=O) groups is 1. The molecular formula is C19H33IN4O2. The van der Waals surface area contributed by atoms with Crippen molar-refractivity contribution in [2.75, 3.05) is 33.3 Å². The summed E-state index contributed by atoms with van der Waals surface area (Å²) < 4.78 is 5.84. The number of benzene rings is 1. The van der Waals surface area contributed by atoms with Crippen LogP contribution in [-0.2, 0) is 9.53 Å². The first kappa shape index (κ1) is 24.7. The molecular weight excluding hydrogens is 443 g/mol. The van der Waals surface area contributed by atoms with E-state index in [4.69, 9.17) is 4.74 Å². The Kier molecular flexibility index (Phi) is 15.0. The maximum atomic E-state index is 11.5. The van der Waals surface area contributed by atoms with Gasteiger partial charge in [-0.05, 0) is 25.3 Å². The molecule has 1 amide bonds. The van der Waals surface area contributed by atoms with E-state index in [9.17, 15) is 4.79 Å². The van der Waals surface area contributed by atoms with Gasteiger partial charge in [0.2, 0.25) is 5.91 Å². The van der Waals surface area contributed by atoms with E-state index in [1.165, 1.54) is 5.56 Å². The highest BCUT2D eigenvalue weighted by molar-refractivity contribution is 14.0. The zero-order valence-electron chi connectivity index (χ0n) is 16.1. The lowest BCUT2D eigenvalue weighted by Crippen LogP contribution is -2.40. The molecule has 1 rings (SSSR count). The summed E-state index contributed by atoms with van der Waals surface area (Å²) in [6.45, 7) is 6.84. The minimum atomic E-state index is 0. The molecule has 7 heteroatoms. The molecule has 26 heavy (non-hydrogen) atoms. The highest BCUT2D eigenvalue weighted by Crippen LogP contribution is 2.15. The van der Waals surface area contributed by atoms with Gasteiger partial charge in [-0.1, -0.05) is 37.3 Å². The molecule has 0 fully saturated rings. The van der Waals surface area contributed by atoms with Gasteiger partial charge in [-0.25, -0.2) is 0 Å². The van der Waals surface area contributed by atoms with Crippen LogP contribution in [-0.4, -0.2) is 45.2 Å². The zero-order chi connectivity index (χ0) is 18.3. The van der Waals surface area contributed by atoms with E-state index < -0.39 is 0 Å². The number of nitrogens with zero attached hydrogens (tertiary/aromatic N) is 1. The number of guanidine groups is 1. The fraction of sp³-hybridized carbons (Fsp3) is 0.579. The van der Waals surface area contributed by atoms with Crippen molar-refractivity contribution in [2.24, 2.45) is 4.99 Å². The lowest BCUT2D eigenvalue weighted by molar-refractivity contribution is -0.120. The van der Waals surface area contributed by atoms with E-state index in [-0.39, 0.29) is 36.0 Å². The van der Waals surface area contributed by atoms with Crippen LogP contribution in [0, 0.1) is 0 Å². The summed E-state index contributed by atoms with van der Waals surface area (Å²) in [6, 6.07) is 10.2. The van der Waals surface area contributed by atoms with Crippen LogP contribution >= 0.6 is 24.0 Å². The van der Waals surface area contributed by atoms with Crippen LogP contribution in [0.2, 0.25) is 0 Å². The number of hydrogen-bond acceptors (Lipinski definition) is 3. The minimum Gasteiger partial charge on any atom is -0.374 e. The highest BCUT2D eigenvalue weighted by atomic mass is 127. The van der Waals surface area contributed by atoms with Crippen LogP contribution in [0.1, 0.15) is 44.8 Å². The van der Waals surface area contributed by atoms with E-state index in [0.29, 0.717) is 25.5 Å².